The molecule has 25 heavy (non-hydrogen) atoms. The average molecular weight is 350 g/mol. The fraction of sp³-hybridized carbons (Fsp3) is 0.667. The third-order valence-electron chi connectivity index (χ3n) is 4.79. The Hall–Kier alpha value is -1.89. The molecule has 1 aromatic rings. The van der Waals surface area contributed by atoms with Gasteiger partial charge in [-0.3, -0.25) is 9.89 Å². The number of hydrogen-bond donors (Lipinski definition) is 2. The predicted octanol–water partition coefficient (Wildman–Crippen LogP) is 1.69. The van der Waals surface area contributed by atoms with Crippen molar-refractivity contribution in [2.75, 3.05) is 44.7 Å². The standard InChI is InChI=1S/C18H31FN6/c1-5-24(6-2)14(3)12-22-18(20-4)23-15-9-11-25(13-15)17-16(19)8-7-10-21-17/h7-8,10,14-15H,5-6,9,11-13H2,1-4H3,(H2,20,22,23). The van der Waals surface area contributed by atoms with E-state index >= 15 is 0 Å². The quantitative estimate of drug-likeness (QED) is 0.579. The maximum Gasteiger partial charge on any atom is 0.191 e. The van der Waals surface area contributed by atoms with Gasteiger partial charge in [0.05, 0.1) is 0 Å². The number of anilines is 1. The Labute approximate surface area is 150 Å². The predicted molar refractivity (Wildman–Crippen MR) is 102 cm³/mol. The summed E-state index contributed by atoms with van der Waals surface area (Å²) in [5.74, 6) is 0.968. The van der Waals surface area contributed by atoms with E-state index in [0.29, 0.717) is 11.9 Å². The van der Waals surface area contributed by atoms with Crippen LogP contribution in [0.4, 0.5) is 10.2 Å². The van der Waals surface area contributed by atoms with Gasteiger partial charge in [-0.05, 0) is 38.6 Å². The number of aliphatic imine (C=N–C) groups is 1. The van der Waals surface area contributed by atoms with Gasteiger partial charge < -0.3 is 15.5 Å². The third-order valence-corrected chi connectivity index (χ3v) is 4.79. The molecule has 7 heteroatoms. The van der Waals surface area contributed by atoms with E-state index in [1.54, 1.807) is 19.3 Å². The number of halogens is 1. The first-order valence-corrected chi connectivity index (χ1v) is 9.15. The molecule has 2 unspecified atom stereocenters. The molecular weight excluding hydrogens is 319 g/mol. The number of nitrogens with zero attached hydrogens (tertiary/aromatic N) is 4. The van der Waals surface area contributed by atoms with Crippen LogP contribution in [0.5, 0.6) is 0 Å². The van der Waals surface area contributed by atoms with E-state index in [4.69, 9.17) is 0 Å². The van der Waals surface area contributed by atoms with Crippen molar-refractivity contribution in [2.24, 2.45) is 4.99 Å². The molecule has 0 aliphatic carbocycles. The van der Waals surface area contributed by atoms with E-state index in [1.165, 1.54) is 6.07 Å². The number of rotatable bonds is 7. The van der Waals surface area contributed by atoms with Gasteiger partial charge in [0.2, 0.25) is 0 Å². The van der Waals surface area contributed by atoms with Crippen molar-refractivity contribution in [3.05, 3.63) is 24.1 Å². The summed E-state index contributed by atoms with van der Waals surface area (Å²) in [7, 11) is 1.78. The summed E-state index contributed by atoms with van der Waals surface area (Å²) in [4.78, 5) is 12.9. The summed E-state index contributed by atoms with van der Waals surface area (Å²) in [5, 5.41) is 6.84. The van der Waals surface area contributed by atoms with Gasteiger partial charge in [0.1, 0.15) is 0 Å². The van der Waals surface area contributed by atoms with Gasteiger partial charge in [0, 0.05) is 45.0 Å². The summed E-state index contributed by atoms with van der Waals surface area (Å²) in [5.41, 5.74) is 0. The summed E-state index contributed by atoms with van der Waals surface area (Å²) < 4.78 is 13.9. The monoisotopic (exact) mass is 350 g/mol. The van der Waals surface area contributed by atoms with Gasteiger partial charge in [-0.2, -0.15) is 0 Å². The Morgan fingerprint density at radius 1 is 1.48 bits per heavy atom. The number of guanidine groups is 1. The maximum absolute atomic E-state index is 13.9. The molecule has 2 rings (SSSR count). The van der Waals surface area contributed by atoms with Crippen molar-refractivity contribution in [1.82, 2.24) is 20.5 Å². The zero-order valence-electron chi connectivity index (χ0n) is 15.8. The van der Waals surface area contributed by atoms with Gasteiger partial charge in [-0.1, -0.05) is 13.8 Å². The van der Waals surface area contributed by atoms with E-state index in [1.807, 2.05) is 4.90 Å². The molecule has 140 valence electrons. The molecule has 6 nitrogen and oxygen atoms in total. The summed E-state index contributed by atoms with van der Waals surface area (Å²) >= 11 is 0. The van der Waals surface area contributed by atoms with Crippen molar-refractivity contribution in [1.29, 1.82) is 0 Å². The Bertz CT molecular complexity index is 560. The zero-order chi connectivity index (χ0) is 18.2. The van der Waals surface area contributed by atoms with Gasteiger partial charge in [-0.25, -0.2) is 9.37 Å². The van der Waals surface area contributed by atoms with Crippen LogP contribution in [0, 0.1) is 5.82 Å². The van der Waals surface area contributed by atoms with Crippen LogP contribution in [0.15, 0.2) is 23.3 Å². The lowest BCUT2D eigenvalue weighted by Crippen LogP contribution is -2.49. The van der Waals surface area contributed by atoms with Crippen molar-refractivity contribution in [3.8, 4) is 0 Å². The first kappa shape index (κ1) is 19.4. The molecule has 1 fully saturated rings. The molecule has 1 aliphatic heterocycles. The van der Waals surface area contributed by atoms with Gasteiger partial charge in [-0.15, -0.1) is 0 Å². The van der Waals surface area contributed by atoms with E-state index in [-0.39, 0.29) is 11.9 Å². The van der Waals surface area contributed by atoms with Crippen molar-refractivity contribution in [3.63, 3.8) is 0 Å². The smallest absolute Gasteiger partial charge is 0.191 e. The lowest BCUT2D eigenvalue weighted by atomic mass is 10.2. The Balaban J connectivity index is 1.84. The zero-order valence-corrected chi connectivity index (χ0v) is 15.8. The number of hydrogen-bond acceptors (Lipinski definition) is 4. The number of nitrogens with one attached hydrogen (secondary N) is 2. The van der Waals surface area contributed by atoms with E-state index < -0.39 is 0 Å². The normalized spacial score (nSPS) is 19.4. The van der Waals surface area contributed by atoms with Crippen LogP contribution in [-0.2, 0) is 0 Å². The van der Waals surface area contributed by atoms with E-state index in [9.17, 15) is 4.39 Å². The maximum atomic E-state index is 13.9. The largest absolute Gasteiger partial charge is 0.355 e. The molecule has 1 saturated heterocycles. The third kappa shape index (κ3) is 5.29. The molecule has 1 aromatic heterocycles. The highest BCUT2D eigenvalue weighted by molar-refractivity contribution is 5.80. The second-order valence-corrected chi connectivity index (χ2v) is 6.41. The fourth-order valence-electron chi connectivity index (χ4n) is 3.29. The van der Waals surface area contributed by atoms with Crippen molar-refractivity contribution < 1.29 is 4.39 Å². The van der Waals surface area contributed by atoms with Gasteiger partial charge >= 0.3 is 0 Å². The molecule has 2 N–H and O–H groups in total. The van der Waals surface area contributed by atoms with E-state index in [2.05, 4.69) is 46.3 Å². The first-order valence-electron chi connectivity index (χ1n) is 9.15. The summed E-state index contributed by atoms with van der Waals surface area (Å²) in [6, 6.07) is 3.75. The van der Waals surface area contributed by atoms with E-state index in [0.717, 1.165) is 45.1 Å². The minimum Gasteiger partial charge on any atom is -0.355 e. The molecule has 0 amide bonds. The summed E-state index contributed by atoms with van der Waals surface area (Å²) in [6.45, 7) is 11.0. The first-order chi connectivity index (χ1) is 12.1. The Morgan fingerprint density at radius 2 is 2.24 bits per heavy atom. The Morgan fingerprint density at radius 3 is 2.88 bits per heavy atom. The molecule has 0 spiro atoms. The highest BCUT2D eigenvalue weighted by atomic mass is 19.1. The van der Waals surface area contributed by atoms with Crippen LogP contribution >= 0.6 is 0 Å². The Kier molecular flexibility index (Phi) is 7.43. The van der Waals surface area contributed by atoms with Crippen molar-refractivity contribution in [2.45, 2.75) is 39.3 Å². The second-order valence-electron chi connectivity index (χ2n) is 6.41. The molecular formula is C18H31FN6. The van der Waals surface area contributed by atoms with Crippen LogP contribution in [0.1, 0.15) is 27.2 Å². The van der Waals surface area contributed by atoms with Crippen LogP contribution < -0.4 is 15.5 Å². The summed E-state index contributed by atoms with van der Waals surface area (Å²) in [6.07, 6.45) is 2.57. The molecule has 0 aromatic carbocycles. The highest BCUT2D eigenvalue weighted by Gasteiger charge is 2.26. The molecule has 0 saturated carbocycles. The van der Waals surface area contributed by atoms with Crippen LogP contribution in [0.25, 0.3) is 0 Å². The molecule has 0 radical (unpaired) electrons. The molecule has 2 heterocycles. The fourth-order valence-corrected chi connectivity index (χ4v) is 3.29. The van der Waals surface area contributed by atoms with Crippen LogP contribution in [0.3, 0.4) is 0 Å². The lowest BCUT2D eigenvalue weighted by molar-refractivity contribution is 0.231. The number of aromatic nitrogens is 1. The molecule has 0 bridgehead atoms. The second kappa shape index (κ2) is 9.56. The minimum atomic E-state index is -0.265. The SMILES string of the molecule is CCN(CC)C(C)CNC(=NC)NC1CCN(c2ncccc2F)C1. The molecule has 1 aliphatic rings. The molecule has 2 atom stereocenters. The van der Waals surface area contributed by atoms with Crippen LogP contribution in [0.2, 0.25) is 0 Å². The lowest BCUT2D eigenvalue weighted by Gasteiger charge is -2.27. The van der Waals surface area contributed by atoms with Gasteiger partial charge in [0.25, 0.3) is 0 Å². The highest BCUT2D eigenvalue weighted by Crippen LogP contribution is 2.20. The number of likely N-dealkylation sites (N-methyl/N-ethyl adjacent to an activating group) is 1. The number of pyridine rings is 1. The van der Waals surface area contributed by atoms with Crippen molar-refractivity contribution >= 4 is 11.8 Å². The minimum absolute atomic E-state index is 0.233. The topological polar surface area (TPSA) is 55.8 Å². The van der Waals surface area contributed by atoms with Crippen LogP contribution in [-0.4, -0.2) is 67.7 Å². The average Bonchev–Trinajstić information content (AvgIpc) is 3.08. The van der Waals surface area contributed by atoms with Gasteiger partial charge in [0.15, 0.2) is 17.6 Å².